The molecule has 0 amide bonds. The number of aryl methyl sites for hydroxylation is 2. The Hall–Kier alpha value is -1.35. The molecule has 0 saturated heterocycles. The van der Waals surface area contributed by atoms with E-state index in [1.165, 1.54) is 0 Å². The van der Waals surface area contributed by atoms with Crippen LogP contribution in [-0.2, 0) is 7.05 Å². The number of aldehydes is 1. The van der Waals surface area contributed by atoms with Crippen molar-refractivity contribution in [1.82, 2.24) is 9.78 Å². The minimum atomic E-state index is 0.450. The van der Waals surface area contributed by atoms with Crippen LogP contribution in [0, 0.1) is 6.92 Å². The topological polar surface area (TPSA) is 34.9 Å². The van der Waals surface area contributed by atoms with Crippen LogP contribution in [0.5, 0.6) is 0 Å². The number of halogens is 1. The van der Waals surface area contributed by atoms with Gasteiger partial charge in [-0.1, -0.05) is 11.6 Å². The fourth-order valence-corrected chi connectivity index (χ4v) is 1.66. The number of carbonyl (C=O) groups excluding carboxylic acids is 1. The van der Waals surface area contributed by atoms with Crippen LogP contribution < -0.4 is 0 Å². The summed E-state index contributed by atoms with van der Waals surface area (Å²) in [5, 5.41) is 5.69. The van der Waals surface area contributed by atoms with Gasteiger partial charge in [0.05, 0.1) is 10.5 Å². The standard InChI is InChI=1S/C10H9ClN2O/c1-6-8-3-7(5-14)9(11)4-10(8)12-13(6)2/h3-5H,1-2H3. The SMILES string of the molecule is Cc1c2cc(C=O)c(Cl)cc2nn1C. The van der Waals surface area contributed by atoms with E-state index in [2.05, 4.69) is 5.10 Å². The van der Waals surface area contributed by atoms with Crippen molar-refractivity contribution in [3.05, 3.63) is 28.4 Å². The summed E-state index contributed by atoms with van der Waals surface area (Å²) in [6.07, 6.45) is 0.758. The molecule has 4 heteroatoms. The van der Waals surface area contributed by atoms with Gasteiger partial charge in [-0.15, -0.1) is 0 Å². The van der Waals surface area contributed by atoms with E-state index in [9.17, 15) is 4.79 Å². The molecule has 0 aliphatic carbocycles. The highest BCUT2D eigenvalue weighted by Gasteiger charge is 2.08. The first-order chi connectivity index (χ1) is 6.63. The van der Waals surface area contributed by atoms with Crippen molar-refractivity contribution in [2.24, 2.45) is 7.05 Å². The largest absolute Gasteiger partial charge is 0.298 e. The molecule has 0 radical (unpaired) electrons. The number of fused-ring (bicyclic) bond motifs is 1. The lowest BCUT2D eigenvalue weighted by molar-refractivity contribution is 0.112. The Labute approximate surface area is 86.3 Å². The molecule has 0 bridgehead atoms. The lowest BCUT2D eigenvalue weighted by Gasteiger charge is -1.96. The van der Waals surface area contributed by atoms with Gasteiger partial charge < -0.3 is 0 Å². The number of carbonyl (C=O) groups is 1. The van der Waals surface area contributed by atoms with Crippen LogP contribution in [0.3, 0.4) is 0 Å². The summed E-state index contributed by atoms with van der Waals surface area (Å²) in [4.78, 5) is 10.7. The fourth-order valence-electron chi connectivity index (χ4n) is 1.45. The van der Waals surface area contributed by atoms with Crippen molar-refractivity contribution in [1.29, 1.82) is 0 Å². The van der Waals surface area contributed by atoms with E-state index < -0.39 is 0 Å². The zero-order valence-corrected chi connectivity index (χ0v) is 8.67. The highest BCUT2D eigenvalue weighted by atomic mass is 35.5. The van der Waals surface area contributed by atoms with Gasteiger partial charge in [0, 0.05) is 23.7 Å². The summed E-state index contributed by atoms with van der Waals surface area (Å²) in [7, 11) is 1.86. The first-order valence-electron chi connectivity index (χ1n) is 4.21. The van der Waals surface area contributed by atoms with Crippen LogP contribution in [0.25, 0.3) is 10.9 Å². The van der Waals surface area contributed by atoms with Gasteiger partial charge in [-0.2, -0.15) is 5.10 Å². The molecular formula is C10H9ClN2O. The molecule has 1 aromatic carbocycles. The number of hydrogen-bond donors (Lipinski definition) is 0. The summed E-state index contributed by atoms with van der Waals surface area (Å²) < 4.78 is 1.77. The van der Waals surface area contributed by atoms with Gasteiger partial charge in [-0.05, 0) is 19.1 Å². The third-order valence-corrected chi connectivity index (χ3v) is 2.70. The van der Waals surface area contributed by atoms with Crippen LogP contribution in [-0.4, -0.2) is 16.1 Å². The number of rotatable bonds is 1. The molecule has 0 N–H and O–H groups in total. The fraction of sp³-hybridized carbons (Fsp3) is 0.200. The maximum absolute atomic E-state index is 10.7. The van der Waals surface area contributed by atoms with Crippen molar-refractivity contribution in [3.63, 3.8) is 0 Å². The van der Waals surface area contributed by atoms with E-state index in [1.807, 2.05) is 14.0 Å². The van der Waals surface area contributed by atoms with Crippen LogP contribution in [0.4, 0.5) is 0 Å². The monoisotopic (exact) mass is 208 g/mol. The number of benzene rings is 1. The van der Waals surface area contributed by atoms with Crippen LogP contribution in [0.2, 0.25) is 5.02 Å². The molecule has 0 atom stereocenters. The predicted octanol–water partition coefficient (Wildman–Crippen LogP) is 2.35. The van der Waals surface area contributed by atoms with E-state index in [0.717, 1.165) is 22.9 Å². The van der Waals surface area contributed by atoms with E-state index in [-0.39, 0.29) is 0 Å². The highest BCUT2D eigenvalue weighted by molar-refractivity contribution is 6.33. The molecule has 1 aromatic heterocycles. The molecule has 0 fully saturated rings. The highest BCUT2D eigenvalue weighted by Crippen LogP contribution is 2.24. The van der Waals surface area contributed by atoms with E-state index in [1.54, 1.807) is 16.8 Å². The number of nitrogens with zero attached hydrogens (tertiary/aromatic N) is 2. The molecule has 0 unspecified atom stereocenters. The van der Waals surface area contributed by atoms with Gasteiger partial charge in [-0.3, -0.25) is 9.48 Å². The molecule has 0 spiro atoms. The minimum Gasteiger partial charge on any atom is -0.298 e. The van der Waals surface area contributed by atoms with E-state index in [4.69, 9.17) is 11.6 Å². The maximum atomic E-state index is 10.7. The second-order valence-corrected chi connectivity index (χ2v) is 3.62. The Morgan fingerprint density at radius 3 is 2.86 bits per heavy atom. The first-order valence-corrected chi connectivity index (χ1v) is 4.59. The summed E-state index contributed by atoms with van der Waals surface area (Å²) in [5.74, 6) is 0. The predicted molar refractivity (Wildman–Crippen MR) is 55.8 cm³/mol. The summed E-state index contributed by atoms with van der Waals surface area (Å²) in [5.41, 5.74) is 2.36. The van der Waals surface area contributed by atoms with Gasteiger partial charge in [0.2, 0.25) is 0 Å². The molecule has 2 rings (SSSR count). The van der Waals surface area contributed by atoms with Crippen molar-refractivity contribution in [2.75, 3.05) is 0 Å². The van der Waals surface area contributed by atoms with Crippen molar-refractivity contribution in [2.45, 2.75) is 6.92 Å². The molecule has 3 nitrogen and oxygen atoms in total. The van der Waals surface area contributed by atoms with Crippen LogP contribution in [0.1, 0.15) is 16.1 Å². The summed E-state index contributed by atoms with van der Waals surface area (Å²) in [6.45, 7) is 1.96. The molecule has 0 saturated carbocycles. The molecule has 2 aromatic rings. The average Bonchev–Trinajstić information content (AvgIpc) is 2.41. The normalized spacial score (nSPS) is 10.8. The quantitative estimate of drug-likeness (QED) is 0.675. The number of aromatic nitrogens is 2. The summed E-state index contributed by atoms with van der Waals surface area (Å²) in [6, 6.07) is 3.49. The van der Waals surface area contributed by atoms with Gasteiger partial charge in [0.25, 0.3) is 0 Å². The maximum Gasteiger partial charge on any atom is 0.151 e. The van der Waals surface area contributed by atoms with Gasteiger partial charge in [-0.25, -0.2) is 0 Å². The van der Waals surface area contributed by atoms with E-state index in [0.29, 0.717) is 10.6 Å². The molecule has 0 aliphatic heterocycles. The smallest absolute Gasteiger partial charge is 0.151 e. The molecule has 14 heavy (non-hydrogen) atoms. The second kappa shape index (κ2) is 3.10. The van der Waals surface area contributed by atoms with Crippen molar-refractivity contribution in [3.8, 4) is 0 Å². The lowest BCUT2D eigenvalue weighted by Crippen LogP contribution is -1.91. The lowest BCUT2D eigenvalue weighted by atomic mass is 10.1. The van der Waals surface area contributed by atoms with E-state index >= 15 is 0 Å². The summed E-state index contributed by atoms with van der Waals surface area (Å²) >= 11 is 5.88. The third-order valence-electron chi connectivity index (χ3n) is 2.37. The van der Waals surface area contributed by atoms with Gasteiger partial charge >= 0.3 is 0 Å². The molecule has 72 valence electrons. The van der Waals surface area contributed by atoms with Crippen molar-refractivity contribution < 1.29 is 4.79 Å². The number of hydrogen-bond acceptors (Lipinski definition) is 2. The van der Waals surface area contributed by atoms with Gasteiger partial charge in [0.1, 0.15) is 0 Å². The molecular weight excluding hydrogens is 200 g/mol. The average molecular weight is 209 g/mol. The zero-order valence-electron chi connectivity index (χ0n) is 7.91. The Bertz CT molecular complexity index is 516. The van der Waals surface area contributed by atoms with Gasteiger partial charge in [0.15, 0.2) is 6.29 Å². The molecule has 0 aliphatic rings. The molecule has 1 heterocycles. The Kier molecular flexibility index (Phi) is 2.04. The van der Waals surface area contributed by atoms with Crippen LogP contribution >= 0.6 is 11.6 Å². The zero-order chi connectivity index (χ0) is 10.3. The second-order valence-electron chi connectivity index (χ2n) is 3.22. The third kappa shape index (κ3) is 1.21. The Morgan fingerprint density at radius 1 is 1.50 bits per heavy atom. The minimum absolute atomic E-state index is 0.450. The Morgan fingerprint density at radius 2 is 2.21 bits per heavy atom. The Balaban J connectivity index is 2.86. The van der Waals surface area contributed by atoms with Crippen molar-refractivity contribution >= 4 is 28.8 Å². The van der Waals surface area contributed by atoms with Crippen LogP contribution in [0.15, 0.2) is 12.1 Å². The first kappa shape index (κ1) is 9.21.